The van der Waals surface area contributed by atoms with Crippen LogP contribution in [0.2, 0.25) is 0 Å². The van der Waals surface area contributed by atoms with Crippen molar-refractivity contribution in [2.24, 2.45) is 0 Å². The summed E-state index contributed by atoms with van der Waals surface area (Å²) in [5, 5.41) is 0.576. The topological polar surface area (TPSA) is 55.3 Å². The molecule has 1 aromatic rings. The summed E-state index contributed by atoms with van der Waals surface area (Å²) in [6.45, 7) is 4.06. The van der Waals surface area contributed by atoms with E-state index in [4.69, 9.17) is 0 Å². The van der Waals surface area contributed by atoms with E-state index in [1.54, 1.807) is 6.20 Å². The second-order valence-corrected chi connectivity index (χ2v) is 5.43. The number of hydrogen-bond acceptors (Lipinski definition) is 6. The van der Waals surface area contributed by atoms with Gasteiger partial charge >= 0.3 is 5.97 Å². The van der Waals surface area contributed by atoms with Gasteiger partial charge in [-0.2, -0.15) is 11.8 Å². The molecule has 2 heterocycles. The average molecular weight is 253 g/mol. The monoisotopic (exact) mass is 253 g/mol. The highest BCUT2D eigenvalue weighted by Crippen LogP contribution is 2.21. The summed E-state index contributed by atoms with van der Waals surface area (Å²) in [6, 6.07) is 0. The van der Waals surface area contributed by atoms with Gasteiger partial charge in [-0.1, -0.05) is 6.92 Å². The van der Waals surface area contributed by atoms with Crippen LogP contribution in [0.1, 0.15) is 17.4 Å². The molecule has 6 heteroatoms. The minimum absolute atomic E-state index is 0.260. The molecule has 0 N–H and O–H groups in total. The molecule has 0 radical (unpaired) electrons. The molecule has 1 atom stereocenters. The van der Waals surface area contributed by atoms with Gasteiger partial charge in [-0.05, 0) is 0 Å². The second kappa shape index (κ2) is 5.35. The van der Waals surface area contributed by atoms with E-state index >= 15 is 0 Å². The van der Waals surface area contributed by atoms with Gasteiger partial charge in [0.25, 0.3) is 0 Å². The zero-order chi connectivity index (χ0) is 12.3. The van der Waals surface area contributed by atoms with Crippen LogP contribution in [0.15, 0.2) is 12.4 Å². The Balaban J connectivity index is 2.17. The Hall–Kier alpha value is -1.30. The Kier molecular flexibility index (Phi) is 3.83. The maximum atomic E-state index is 11.4. The quantitative estimate of drug-likeness (QED) is 0.738. The third-order valence-electron chi connectivity index (χ3n) is 2.58. The van der Waals surface area contributed by atoms with E-state index in [1.165, 1.54) is 13.3 Å². The van der Waals surface area contributed by atoms with Crippen molar-refractivity contribution >= 4 is 23.5 Å². The van der Waals surface area contributed by atoms with Crippen molar-refractivity contribution in [3.63, 3.8) is 0 Å². The van der Waals surface area contributed by atoms with E-state index in [1.807, 2.05) is 11.8 Å². The molecular weight excluding hydrogens is 238 g/mol. The summed E-state index contributed by atoms with van der Waals surface area (Å²) in [7, 11) is 1.34. The van der Waals surface area contributed by atoms with Crippen molar-refractivity contribution in [1.29, 1.82) is 0 Å². The first kappa shape index (κ1) is 12.2. The second-order valence-electron chi connectivity index (χ2n) is 3.88. The Bertz CT molecular complexity index is 413. The van der Waals surface area contributed by atoms with Gasteiger partial charge in [0.15, 0.2) is 5.69 Å². The molecule has 1 unspecified atom stereocenters. The highest BCUT2D eigenvalue weighted by molar-refractivity contribution is 8.00. The SMILES string of the molecule is COC(=O)c1cncc(N2CCSC(C)C2)n1. The molecule has 0 spiro atoms. The Labute approximate surface area is 105 Å². The van der Waals surface area contributed by atoms with Crippen LogP contribution in [-0.4, -0.2) is 47.1 Å². The van der Waals surface area contributed by atoms with Crippen molar-refractivity contribution in [1.82, 2.24) is 9.97 Å². The van der Waals surface area contributed by atoms with Crippen LogP contribution in [0.5, 0.6) is 0 Å². The lowest BCUT2D eigenvalue weighted by atomic mass is 10.3. The summed E-state index contributed by atoms with van der Waals surface area (Å²) >= 11 is 1.95. The number of nitrogens with zero attached hydrogens (tertiary/aromatic N) is 3. The molecule has 1 saturated heterocycles. The molecule has 17 heavy (non-hydrogen) atoms. The predicted octanol–water partition coefficient (Wildman–Crippen LogP) is 1.20. The Morgan fingerprint density at radius 2 is 2.41 bits per heavy atom. The number of thioether (sulfide) groups is 1. The van der Waals surface area contributed by atoms with Gasteiger partial charge in [-0.3, -0.25) is 4.98 Å². The van der Waals surface area contributed by atoms with Crippen LogP contribution in [-0.2, 0) is 4.74 Å². The first-order valence-electron chi connectivity index (χ1n) is 5.47. The molecule has 2 rings (SSSR count). The molecule has 1 aromatic heterocycles. The molecule has 0 saturated carbocycles. The van der Waals surface area contributed by atoms with Crippen LogP contribution in [0.4, 0.5) is 5.82 Å². The molecule has 0 aromatic carbocycles. The van der Waals surface area contributed by atoms with Crippen LogP contribution < -0.4 is 4.90 Å². The highest BCUT2D eigenvalue weighted by Gasteiger charge is 2.19. The van der Waals surface area contributed by atoms with Gasteiger partial charge in [-0.25, -0.2) is 9.78 Å². The van der Waals surface area contributed by atoms with E-state index in [0.717, 1.165) is 24.7 Å². The number of aromatic nitrogens is 2. The fraction of sp³-hybridized carbons (Fsp3) is 0.545. The minimum Gasteiger partial charge on any atom is -0.464 e. The molecular formula is C11H15N3O2S. The molecule has 0 amide bonds. The van der Waals surface area contributed by atoms with Gasteiger partial charge in [0, 0.05) is 24.1 Å². The fourth-order valence-corrected chi connectivity index (χ4v) is 2.75. The smallest absolute Gasteiger partial charge is 0.358 e. The summed E-state index contributed by atoms with van der Waals surface area (Å²) < 4.78 is 4.64. The van der Waals surface area contributed by atoms with Crippen molar-refractivity contribution in [2.45, 2.75) is 12.2 Å². The highest BCUT2D eigenvalue weighted by atomic mass is 32.2. The maximum absolute atomic E-state index is 11.4. The molecule has 0 aliphatic carbocycles. The number of esters is 1. The van der Waals surface area contributed by atoms with Gasteiger partial charge in [0.05, 0.1) is 19.5 Å². The Morgan fingerprint density at radius 1 is 1.59 bits per heavy atom. The molecule has 1 aliphatic rings. The lowest BCUT2D eigenvalue weighted by molar-refractivity contribution is 0.0593. The summed E-state index contributed by atoms with van der Waals surface area (Å²) in [5.74, 6) is 1.38. The van der Waals surface area contributed by atoms with Crippen LogP contribution >= 0.6 is 11.8 Å². The summed E-state index contributed by atoms with van der Waals surface area (Å²) in [6.07, 6.45) is 3.12. The van der Waals surface area contributed by atoms with Crippen molar-refractivity contribution in [3.05, 3.63) is 18.1 Å². The van der Waals surface area contributed by atoms with Crippen molar-refractivity contribution < 1.29 is 9.53 Å². The lowest BCUT2D eigenvalue weighted by Crippen LogP contribution is -2.37. The van der Waals surface area contributed by atoms with Gasteiger partial charge in [0.2, 0.25) is 0 Å². The van der Waals surface area contributed by atoms with Crippen LogP contribution in [0.25, 0.3) is 0 Å². The number of carbonyl (C=O) groups is 1. The molecule has 1 aliphatic heterocycles. The van der Waals surface area contributed by atoms with E-state index < -0.39 is 5.97 Å². The minimum atomic E-state index is -0.446. The van der Waals surface area contributed by atoms with E-state index in [2.05, 4.69) is 26.5 Å². The van der Waals surface area contributed by atoms with Crippen LogP contribution in [0.3, 0.4) is 0 Å². The fourth-order valence-electron chi connectivity index (χ4n) is 1.74. The standard InChI is InChI=1S/C11H15N3O2S/c1-8-7-14(3-4-17-8)10-6-12-5-9(13-10)11(15)16-2/h5-6,8H,3-4,7H2,1-2H3. The Morgan fingerprint density at radius 3 is 3.12 bits per heavy atom. The molecule has 0 bridgehead atoms. The number of anilines is 1. The van der Waals surface area contributed by atoms with Crippen molar-refractivity contribution in [2.75, 3.05) is 30.9 Å². The third kappa shape index (κ3) is 2.88. The number of rotatable bonds is 2. The zero-order valence-corrected chi connectivity index (χ0v) is 10.7. The lowest BCUT2D eigenvalue weighted by Gasteiger charge is -2.31. The largest absolute Gasteiger partial charge is 0.464 e. The summed E-state index contributed by atoms with van der Waals surface area (Å²) in [4.78, 5) is 21.8. The zero-order valence-electron chi connectivity index (χ0n) is 9.92. The van der Waals surface area contributed by atoms with Gasteiger partial charge < -0.3 is 9.64 Å². The average Bonchev–Trinajstić information content (AvgIpc) is 2.38. The maximum Gasteiger partial charge on any atom is 0.358 e. The number of ether oxygens (including phenoxy) is 1. The molecule has 5 nitrogen and oxygen atoms in total. The number of carbonyl (C=O) groups excluding carboxylic acids is 1. The molecule has 1 fully saturated rings. The molecule has 92 valence electrons. The normalized spacial score (nSPS) is 20.1. The number of methoxy groups -OCH3 is 1. The van der Waals surface area contributed by atoms with Gasteiger partial charge in [0.1, 0.15) is 5.82 Å². The predicted molar refractivity (Wildman–Crippen MR) is 67.5 cm³/mol. The first-order chi connectivity index (χ1) is 8.20. The van der Waals surface area contributed by atoms with Crippen LogP contribution in [0, 0.1) is 0 Å². The van der Waals surface area contributed by atoms with E-state index in [0.29, 0.717) is 5.25 Å². The van der Waals surface area contributed by atoms with E-state index in [9.17, 15) is 4.79 Å². The van der Waals surface area contributed by atoms with E-state index in [-0.39, 0.29) is 5.69 Å². The van der Waals surface area contributed by atoms with Gasteiger partial charge in [-0.15, -0.1) is 0 Å². The third-order valence-corrected chi connectivity index (χ3v) is 3.72. The van der Waals surface area contributed by atoms with Crippen molar-refractivity contribution in [3.8, 4) is 0 Å². The first-order valence-corrected chi connectivity index (χ1v) is 6.52. The summed E-state index contributed by atoms with van der Waals surface area (Å²) in [5.41, 5.74) is 0.260. The number of hydrogen-bond donors (Lipinski definition) is 0.